The van der Waals surface area contributed by atoms with E-state index in [1.165, 1.54) is 14.2 Å². The van der Waals surface area contributed by atoms with Gasteiger partial charge in [0.15, 0.2) is 5.41 Å². The third-order valence-electron chi connectivity index (χ3n) is 3.76. The molecule has 1 saturated carbocycles. The SMILES string of the molecule is C#C[C@@H]1CC(C(=O)OC)(C(=O)OC)C[C@H]1OCCCC. The fraction of sp³-hybridized carbons (Fsp3) is 0.733. The highest BCUT2D eigenvalue weighted by molar-refractivity contribution is 6.00. The Morgan fingerprint density at radius 1 is 1.25 bits per heavy atom. The van der Waals surface area contributed by atoms with Crippen LogP contribution in [0.1, 0.15) is 32.6 Å². The van der Waals surface area contributed by atoms with Gasteiger partial charge in [0.1, 0.15) is 0 Å². The van der Waals surface area contributed by atoms with Gasteiger partial charge in [-0.05, 0) is 12.8 Å². The molecule has 112 valence electrons. The van der Waals surface area contributed by atoms with E-state index >= 15 is 0 Å². The molecule has 20 heavy (non-hydrogen) atoms. The summed E-state index contributed by atoms with van der Waals surface area (Å²) in [6, 6.07) is 0. The summed E-state index contributed by atoms with van der Waals surface area (Å²) in [5, 5.41) is 0. The van der Waals surface area contributed by atoms with Crippen LogP contribution in [0.25, 0.3) is 0 Å². The van der Waals surface area contributed by atoms with Gasteiger partial charge in [0.25, 0.3) is 0 Å². The van der Waals surface area contributed by atoms with Gasteiger partial charge in [-0.2, -0.15) is 0 Å². The minimum absolute atomic E-state index is 0.208. The van der Waals surface area contributed by atoms with Gasteiger partial charge in [-0.3, -0.25) is 9.59 Å². The zero-order valence-corrected chi connectivity index (χ0v) is 12.3. The van der Waals surface area contributed by atoms with Gasteiger partial charge >= 0.3 is 11.9 Å². The molecule has 0 bridgehead atoms. The molecule has 1 aliphatic carbocycles. The zero-order chi connectivity index (χ0) is 15.2. The van der Waals surface area contributed by atoms with Crippen molar-refractivity contribution in [1.29, 1.82) is 0 Å². The van der Waals surface area contributed by atoms with Crippen molar-refractivity contribution in [3.8, 4) is 12.3 Å². The Morgan fingerprint density at radius 2 is 1.85 bits per heavy atom. The zero-order valence-electron chi connectivity index (χ0n) is 12.3. The molecule has 1 aliphatic rings. The topological polar surface area (TPSA) is 61.8 Å². The maximum absolute atomic E-state index is 12.0. The van der Waals surface area contributed by atoms with Gasteiger partial charge in [-0.25, -0.2) is 0 Å². The fourth-order valence-corrected chi connectivity index (χ4v) is 2.60. The maximum Gasteiger partial charge on any atom is 0.323 e. The number of hydrogen-bond acceptors (Lipinski definition) is 5. The van der Waals surface area contributed by atoms with Crippen molar-refractivity contribution < 1.29 is 23.8 Å². The molecule has 0 N–H and O–H groups in total. The monoisotopic (exact) mass is 282 g/mol. The van der Waals surface area contributed by atoms with Crippen LogP contribution in [0.4, 0.5) is 0 Å². The highest BCUT2D eigenvalue weighted by Crippen LogP contribution is 2.45. The van der Waals surface area contributed by atoms with E-state index in [0.717, 1.165) is 12.8 Å². The molecule has 0 radical (unpaired) electrons. The predicted octanol–water partition coefficient (Wildman–Crippen LogP) is 1.55. The number of methoxy groups -OCH3 is 2. The van der Waals surface area contributed by atoms with Crippen molar-refractivity contribution in [2.75, 3.05) is 20.8 Å². The van der Waals surface area contributed by atoms with Gasteiger partial charge in [0.2, 0.25) is 0 Å². The first-order valence-electron chi connectivity index (χ1n) is 6.80. The number of ether oxygens (including phenoxy) is 3. The average Bonchev–Trinajstić information content (AvgIpc) is 2.86. The molecule has 5 nitrogen and oxygen atoms in total. The summed E-state index contributed by atoms with van der Waals surface area (Å²) in [6.45, 7) is 2.63. The Bertz CT molecular complexity index is 380. The predicted molar refractivity (Wildman–Crippen MR) is 72.7 cm³/mol. The van der Waals surface area contributed by atoms with Crippen LogP contribution in [0.5, 0.6) is 0 Å². The minimum atomic E-state index is -1.34. The summed E-state index contributed by atoms with van der Waals surface area (Å²) < 4.78 is 15.3. The highest BCUT2D eigenvalue weighted by atomic mass is 16.5. The molecule has 0 spiro atoms. The number of unbranched alkanes of at least 4 members (excludes halogenated alkanes) is 1. The number of rotatable bonds is 6. The normalized spacial score (nSPS) is 23.9. The lowest BCUT2D eigenvalue weighted by Crippen LogP contribution is -2.39. The van der Waals surface area contributed by atoms with Gasteiger partial charge in [0, 0.05) is 18.9 Å². The van der Waals surface area contributed by atoms with Crippen molar-refractivity contribution >= 4 is 11.9 Å². The van der Waals surface area contributed by atoms with Crippen LogP contribution >= 0.6 is 0 Å². The van der Waals surface area contributed by atoms with Crippen LogP contribution in [0.15, 0.2) is 0 Å². The smallest absolute Gasteiger partial charge is 0.323 e. The van der Waals surface area contributed by atoms with E-state index < -0.39 is 17.4 Å². The van der Waals surface area contributed by atoms with Crippen LogP contribution in [0, 0.1) is 23.7 Å². The number of hydrogen-bond donors (Lipinski definition) is 0. The standard InChI is InChI=1S/C15H22O5/c1-5-7-8-20-12-10-15(13(16)18-3,14(17)19-4)9-11(12)6-2/h2,11-12H,5,7-10H2,1,3-4H3/t11-,12-/m1/s1. The third kappa shape index (κ3) is 3.13. The van der Waals surface area contributed by atoms with Gasteiger partial charge in [0.05, 0.1) is 20.3 Å². The molecule has 0 heterocycles. The summed E-state index contributed by atoms with van der Waals surface area (Å²) in [7, 11) is 2.51. The van der Waals surface area contributed by atoms with Crippen LogP contribution in [0.3, 0.4) is 0 Å². The third-order valence-corrected chi connectivity index (χ3v) is 3.76. The first-order chi connectivity index (χ1) is 9.55. The molecule has 1 rings (SSSR count). The molecule has 0 amide bonds. The lowest BCUT2D eigenvalue weighted by molar-refractivity contribution is -0.169. The Morgan fingerprint density at radius 3 is 2.30 bits per heavy atom. The lowest BCUT2D eigenvalue weighted by atomic mass is 9.85. The molecule has 0 aromatic heterocycles. The van der Waals surface area contributed by atoms with Crippen LogP contribution in [-0.4, -0.2) is 38.9 Å². The van der Waals surface area contributed by atoms with Gasteiger partial charge < -0.3 is 14.2 Å². The summed E-state index contributed by atoms with van der Waals surface area (Å²) in [4.78, 5) is 24.1. The number of carbonyl (C=O) groups excluding carboxylic acids is 2. The average molecular weight is 282 g/mol. The second kappa shape index (κ2) is 7.30. The van der Waals surface area contributed by atoms with E-state index in [9.17, 15) is 9.59 Å². The fourth-order valence-electron chi connectivity index (χ4n) is 2.60. The van der Waals surface area contributed by atoms with E-state index in [-0.39, 0.29) is 24.9 Å². The van der Waals surface area contributed by atoms with E-state index in [1.54, 1.807) is 0 Å². The molecular weight excluding hydrogens is 260 g/mol. The van der Waals surface area contributed by atoms with E-state index in [2.05, 4.69) is 12.8 Å². The summed E-state index contributed by atoms with van der Waals surface area (Å²) in [6.07, 6.45) is 7.53. The van der Waals surface area contributed by atoms with Gasteiger partial charge in [-0.15, -0.1) is 12.3 Å². The largest absolute Gasteiger partial charge is 0.468 e. The van der Waals surface area contributed by atoms with Crippen LogP contribution in [0.2, 0.25) is 0 Å². The summed E-state index contributed by atoms with van der Waals surface area (Å²) >= 11 is 0. The molecule has 0 saturated heterocycles. The molecule has 2 atom stereocenters. The minimum Gasteiger partial charge on any atom is -0.468 e. The number of esters is 2. The van der Waals surface area contributed by atoms with Crippen molar-refractivity contribution in [3.63, 3.8) is 0 Å². The van der Waals surface area contributed by atoms with Crippen LogP contribution < -0.4 is 0 Å². The van der Waals surface area contributed by atoms with Crippen molar-refractivity contribution in [2.24, 2.45) is 11.3 Å². The van der Waals surface area contributed by atoms with Crippen molar-refractivity contribution in [1.82, 2.24) is 0 Å². The van der Waals surface area contributed by atoms with Crippen molar-refractivity contribution in [3.05, 3.63) is 0 Å². The van der Waals surface area contributed by atoms with E-state index in [0.29, 0.717) is 6.61 Å². The Labute approximate surface area is 120 Å². The lowest BCUT2D eigenvalue weighted by Gasteiger charge is -2.22. The summed E-state index contributed by atoms with van der Waals surface area (Å²) in [5.41, 5.74) is -1.34. The number of carbonyl (C=O) groups is 2. The Kier molecular flexibility index (Phi) is 6.03. The van der Waals surface area contributed by atoms with Crippen LogP contribution in [-0.2, 0) is 23.8 Å². The second-order valence-electron chi connectivity index (χ2n) is 5.01. The molecule has 0 aromatic rings. The second-order valence-corrected chi connectivity index (χ2v) is 5.01. The Hall–Kier alpha value is -1.54. The molecule has 5 heteroatoms. The highest BCUT2D eigenvalue weighted by Gasteiger charge is 2.57. The molecular formula is C15H22O5. The van der Waals surface area contributed by atoms with E-state index in [1.807, 2.05) is 0 Å². The quantitative estimate of drug-likeness (QED) is 0.320. The molecule has 0 unspecified atom stereocenters. The molecule has 1 fully saturated rings. The number of terminal acetylenes is 1. The van der Waals surface area contributed by atoms with Gasteiger partial charge in [-0.1, -0.05) is 13.3 Å². The van der Waals surface area contributed by atoms with Crippen molar-refractivity contribution in [2.45, 2.75) is 38.7 Å². The molecule has 0 aromatic carbocycles. The maximum atomic E-state index is 12.0. The summed E-state index contributed by atoms with van der Waals surface area (Å²) in [5.74, 6) is 1.12. The molecule has 0 aliphatic heterocycles. The first-order valence-corrected chi connectivity index (χ1v) is 6.80. The first kappa shape index (κ1) is 16.5. The van der Waals surface area contributed by atoms with E-state index in [4.69, 9.17) is 20.6 Å². The Balaban J connectivity index is 2.91.